The maximum atomic E-state index is 12.4. The van der Waals surface area contributed by atoms with Crippen molar-refractivity contribution in [2.45, 2.75) is 32.2 Å². The summed E-state index contributed by atoms with van der Waals surface area (Å²) >= 11 is 0. The summed E-state index contributed by atoms with van der Waals surface area (Å²) in [5.74, 6) is -1.24. The smallest absolute Gasteiger partial charge is 0.305 e. The molecule has 1 aromatic carbocycles. The van der Waals surface area contributed by atoms with E-state index in [9.17, 15) is 9.59 Å². The highest BCUT2D eigenvalue weighted by molar-refractivity contribution is 6.04. The highest BCUT2D eigenvalue weighted by Crippen LogP contribution is 2.14. The Morgan fingerprint density at radius 2 is 2.05 bits per heavy atom. The molecule has 0 radical (unpaired) electrons. The highest BCUT2D eigenvalue weighted by Gasteiger charge is 2.18. The molecule has 0 aliphatic carbocycles. The lowest BCUT2D eigenvalue weighted by Crippen LogP contribution is -2.36. The molecule has 1 aromatic heterocycles. The minimum Gasteiger partial charge on any atom is -0.481 e. The molecule has 1 atom stereocenters. The van der Waals surface area contributed by atoms with Gasteiger partial charge in [0.05, 0.1) is 17.5 Å². The summed E-state index contributed by atoms with van der Waals surface area (Å²) in [6.07, 6.45) is 4.42. The third-order valence-corrected chi connectivity index (χ3v) is 3.14. The second-order valence-electron chi connectivity index (χ2n) is 4.79. The van der Waals surface area contributed by atoms with E-state index < -0.39 is 5.97 Å². The van der Waals surface area contributed by atoms with Crippen molar-refractivity contribution < 1.29 is 14.7 Å². The van der Waals surface area contributed by atoms with Crippen LogP contribution in [0.4, 0.5) is 0 Å². The zero-order valence-corrected chi connectivity index (χ0v) is 11.7. The van der Waals surface area contributed by atoms with Gasteiger partial charge in [-0.1, -0.05) is 19.4 Å². The Bertz CT molecular complexity index is 652. The first-order chi connectivity index (χ1) is 10.1. The molecule has 2 aromatic rings. The number of benzene rings is 1. The fourth-order valence-electron chi connectivity index (χ4n) is 2.22. The first-order valence-corrected chi connectivity index (χ1v) is 6.84. The van der Waals surface area contributed by atoms with Gasteiger partial charge in [-0.2, -0.15) is 0 Å². The van der Waals surface area contributed by atoms with Crippen molar-refractivity contribution in [3.63, 3.8) is 0 Å². The molecule has 1 heterocycles. The first kappa shape index (κ1) is 14.9. The Hall–Kier alpha value is -2.50. The summed E-state index contributed by atoms with van der Waals surface area (Å²) in [6, 6.07) is 4.79. The predicted octanol–water partition coefficient (Wildman–Crippen LogP) is 2.00. The third kappa shape index (κ3) is 3.75. The molecule has 110 valence electrons. The predicted molar refractivity (Wildman–Crippen MR) is 78.0 cm³/mol. The van der Waals surface area contributed by atoms with Crippen molar-refractivity contribution in [3.8, 4) is 0 Å². The fourth-order valence-corrected chi connectivity index (χ4v) is 2.22. The number of hydrogen-bond donors (Lipinski definition) is 2. The Morgan fingerprint density at radius 3 is 2.76 bits per heavy atom. The molecule has 21 heavy (non-hydrogen) atoms. The second kappa shape index (κ2) is 6.78. The van der Waals surface area contributed by atoms with Crippen molar-refractivity contribution in [2.24, 2.45) is 0 Å². The highest BCUT2D eigenvalue weighted by atomic mass is 16.4. The third-order valence-electron chi connectivity index (χ3n) is 3.14. The Balaban J connectivity index is 2.23. The van der Waals surface area contributed by atoms with Crippen molar-refractivity contribution in [2.75, 3.05) is 0 Å². The number of aromatic nitrogens is 2. The van der Waals surface area contributed by atoms with Crippen molar-refractivity contribution in [3.05, 3.63) is 36.2 Å². The van der Waals surface area contributed by atoms with E-state index in [1.807, 2.05) is 6.92 Å². The number of nitrogens with zero attached hydrogens (tertiary/aromatic N) is 2. The monoisotopic (exact) mass is 287 g/mol. The van der Waals surface area contributed by atoms with Gasteiger partial charge in [0.15, 0.2) is 0 Å². The van der Waals surface area contributed by atoms with E-state index in [4.69, 9.17) is 5.11 Å². The van der Waals surface area contributed by atoms with Crippen LogP contribution in [0.15, 0.2) is 30.6 Å². The van der Waals surface area contributed by atoms with E-state index in [1.54, 1.807) is 24.4 Å². The van der Waals surface area contributed by atoms with Crippen LogP contribution in [0.5, 0.6) is 0 Å². The van der Waals surface area contributed by atoms with Gasteiger partial charge >= 0.3 is 5.97 Å². The van der Waals surface area contributed by atoms with E-state index in [0.717, 1.165) is 6.42 Å². The van der Waals surface area contributed by atoms with E-state index in [1.165, 1.54) is 6.20 Å². The van der Waals surface area contributed by atoms with Crippen LogP contribution in [0.3, 0.4) is 0 Å². The number of carboxylic acid groups (broad SMARTS) is 1. The normalized spacial score (nSPS) is 12.0. The summed E-state index contributed by atoms with van der Waals surface area (Å²) in [5, 5.41) is 11.7. The standard InChI is InChI=1S/C15H17N3O3/c1-2-4-10(9-13(19)20)18-15(21)11-5-3-6-12-14(11)17-8-7-16-12/h3,5-8,10H,2,4,9H2,1H3,(H,18,21)(H,19,20). The van der Waals surface area contributed by atoms with Gasteiger partial charge in [-0.15, -0.1) is 0 Å². The van der Waals surface area contributed by atoms with Crippen LogP contribution in [0, 0.1) is 0 Å². The zero-order valence-electron chi connectivity index (χ0n) is 11.7. The van der Waals surface area contributed by atoms with Crippen LogP contribution in [0.2, 0.25) is 0 Å². The van der Waals surface area contributed by atoms with Crippen molar-refractivity contribution in [1.29, 1.82) is 0 Å². The lowest BCUT2D eigenvalue weighted by atomic mass is 10.1. The number of amides is 1. The summed E-state index contributed by atoms with van der Waals surface area (Å²) in [6.45, 7) is 1.95. The summed E-state index contributed by atoms with van der Waals surface area (Å²) in [7, 11) is 0. The average Bonchev–Trinajstić information content (AvgIpc) is 2.46. The molecule has 2 rings (SSSR count). The number of carbonyl (C=O) groups is 2. The topological polar surface area (TPSA) is 92.2 Å². The maximum Gasteiger partial charge on any atom is 0.305 e. The van der Waals surface area contributed by atoms with Crippen molar-refractivity contribution in [1.82, 2.24) is 15.3 Å². The molecule has 0 saturated carbocycles. The molecule has 6 heteroatoms. The van der Waals surface area contributed by atoms with Gasteiger partial charge in [-0.3, -0.25) is 19.6 Å². The van der Waals surface area contributed by atoms with Gasteiger partial charge in [0.1, 0.15) is 5.52 Å². The number of carboxylic acids is 1. The molecule has 0 fully saturated rings. The van der Waals surface area contributed by atoms with E-state index in [2.05, 4.69) is 15.3 Å². The number of carbonyl (C=O) groups excluding carboxylic acids is 1. The molecule has 6 nitrogen and oxygen atoms in total. The number of rotatable bonds is 6. The molecule has 0 saturated heterocycles. The van der Waals surface area contributed by atoms with Gasteiger partial charge in [-0.25, -0.2) is 0 Å². The lowest BCUT2D eigenvalue weighted by Gasteiger charge is -2.16. The lowest BCUT2D eigenvalue weighted by molar-refractivity contribution is -0.137. The largest absolute Gasteiger partial charge is 0.481 e. The average molecular weight is 287 g/mol. The molecule has 2 N–H and O–H groups in total. The SMILES string of the molecule is CCCC(CC(=O)O)NC(=O)c1cccc2nccnc12. The van der Waals surface area contributed by atoms with Gasteiger partial charge in [0.25, 0.3) is 5.91 Å². The van der Waals surface area contributed by atoms with Gasteiger partial charge < -0.3 is 10.4 Å². The van der Waals surface area contributed by atoms with Gasteiger partial charge in [0.2, 0.25) is 0 Å². The quantitative estimate of drug-likeness (QED) is 0.847. The van der Waals surface area contributed by atoms with Gasteiger partial charge in [-0.05, 0) is 18.6 Å². The first-order valence-electron chi connectivity index (χ1n) is 6.84. The molecule has 0 bridgehead atoms. The number of fused-ring (bicyclic) bond motifs is 1. The Labute approximate surface area is 122 Å². The second-order valence-corrected chi connectivity index (χ2v) is 4.79. The van der Waals surface area contributed by atoms with Crippen LogP contribution in [-0.4, -0.2) is 33.0 Å². The molecule has 0 spiro atoms. The Morgan fingerprint density at radius 1 is 1.29 bits per heavy atom. The molecular formula is C15H17N3O3. The molecule has 0 aliphatic heterocycles. The van der Waals surface area contributed by atoms with Crippen LogP contribution in [-0.2, 0) is 4.79 Å². The number of hydrogen-bond acceptors (Lipinski definition) is 4. The van der Waals surface area contributed by atoms with Crippen molar-refractivity contribution >= 4 is 22.9 Å². The maximum absolute atomic E-state index is 12.4. The number of aliphatic carboxylic acids is 1. The number of para-hydroxylation sites is 1. The minimum absolute atomic E-state index is 0.0873. The summed E-state index contributed by atoms with van der Waals surface area (Å²) in [4.78, 5) is 31.5. The number of nitrogens with one attached hydrogen (secondary N) is 1. The Kier molecular flexibility index (Phi) is 4.81. The van der Waals surface area contributed by atoms with Crippen LogP contribution in [0.25, 0.3) is 11.0 Å². The minimum atomic E-state index is -0.925. The van der Waals surface area contributed by atoms with Gasteiger partial charge in [0, 0.05) is 18.4 Å². The van der Waals surface area contributed by atoms with Crippen LogP contribution < -0.4 is 5.32 Å². The molecule has 1 unspecified atom stereocenters. The molecule has 1 amide bonds. The van der Waals surface area contributed by atoms with E-state index in [-0.39, 0.29) is 18.4 Å². The van der Waals surface area contributed by atoms with Crippen LogP contribution in [0.1, 0.15) is 36.5 Å². The molecule has 0 aliphatic rings. The molecular weight excluding hydrogens is 270 g/mol. The van der Waals surface area contributed by atoms with E-state index >= 15 is 0 Å². The van der Waals surface area contributed by atoms with Crippen LogP contribution >= 0.6 is 0 Å². The summed E-state index contributed by atoms with van der Waals surface area (Å²) < 4.78 is 0. The fraction of sp³-hybridized carbons (Fsp3) is 0.333. The zero-order chi connectivity index (χ0) is 15.2. The van der Waals surface area contributed by atoms with E-state index in [0.29, 0.717) is 23.0 Å². The summed E-state index contributed by atoms with van der Waals surface area (Å²) in [5.41, 5.74) is 1.56.